The predicted molar refractivity (Wildman–Crippen MR) is 78.4 cm³/mol. The first kappa shape index (κ1) is 15.5. The maximum Gasteiger partial charge on any atom is 0.329 e. The molecule has 1 aromatic rings. The predicted octanol–water partition coefficient (Wildman–Crippen LogP) is 1.25. The molecule has 1 aliphatic rings. The first-order chi connectivity index (χ1) is 9.84. The highest BCUT2D eigenvalue weighted by atomic mass is 32.1. The zero-order valence-electron chi connectivity index (χ0n) is 12.0. The summed E-state index contributed by atoms with van der Waals surface area (Å²) in [4.78, 5) is 38.3. The molecule has 0 aromatic carbocycles. The molecule has 1 unspecified atom stereocenters. The monoisotopic (exact) mass is 310 g/mol. The number of carboxylic acid groups (broad SMARTS) is 1. The Morgan fingerprint density at radius 3 is 2.71 bits per heavy atom. The molecule has 0 spiro atoms. The van der Waals surface area contributed by atoms with E-state index in [2.05, 4.69) is 5.32 Å². The molecule has 0 aliphatic carbocycles. The van der Waals surface area contributed by atoms with Crippen molar-refractivity contribution in [2.24, 2.45) is 0 Å². The Labute approximate surface area is 126 Å². The van der Waals surface area contributed by atoms with Gasteiger partial charge in [-0.3, -0.25) is 9.59 Å². The minimum absolute atomic E-state index is 0.182. The summed E-state index contributed by atoms with van der Waals surface area (Å²) in [5.41, 5.74) is -1.17. The highest BCUT2D eigenvalue weighted by Crippen LogP contribution is 2.29. The van der Waals surface area contributed by atoms with Crippen molar-refractivity contribution in [3.8, 4) is 0 Å². The maximum absolute atomic E-state index is 12.2. The molecule has 0 saturated carbocycles. The van der Waals surface area contributed by atoms with Gasteiger partial charge < -0.3 is 15.3 Å². The highest BCUT2D eigenvalue weighted by Gasteiger charge is 2.45. The molecule has 1 aliphatic heterocycles. The van der Waals surface area contributed by atoms with Crippen molar-refractivity contribution < 1.29 is 19.5 Å². The van der Waals surface area contributed by atoms with E-state index in [0.29, 0.717) is 24.3 Å². The van der Waals surface area contributed by atoms with Crippen molar-refractivity contribution in [1.29, 1.82) is 0 Å². The number of amides is 2. The fourth-order valence-electron chi connectivity index (χ4n) is 2.48. The van der Waals surface area contributed by atoms with Crippen LogP contribution in [0.1, 0.15) is 34.3 Å². The van der Waals surface area contributed by atoms with Crippen molar-refractivity contribution >= 4 is 29.1 Å². The van der Waals surface area contributed by atoms with E-state index in [1.165, 1.54) is 16.2 Å². The van der Waals surface area contributed by atoms with Crippen LogP contribution in [-0.4, -0.2) is 46.4 Å². The number of carboxylic acids is 1. The van der Waals surface area contributed by atoms with Gasteiger partial charge in [-0.1, -0.05) is 0 Å². The van der Waals surface area contributed by atoms with Crippen LogP contribution < -0.4 is 5.32 Å². The van der Waals surface area contributed by atoms with E-state index in [9.17, 15) is 19.5 Å². The molecule has 0 bridgehead atoms. The van der Waals surface area contributed by atoms with Gasteiger partial charge in [0.2, 0.25) is 5.91 Å². The first-order valence-corrected chi connectivity index (χ1v) is 7.55. The molecular weight excluding hydrogens is 292 g/mol. The lowest BCUT2D eigenvalue weighted by Crippen LogP contribution is -2.53. The van der Waals surface area contributed by atoms with Gasteiger partial charge in [0.15, 0.2) is 0 Å². The molecule has 2 rings (SSSR count). The largest absolute Gasteiger partial charge is 0.480 e. The molecule has 0 radical (unpaired) electrons. The summed E-state index contributed by atoms with van der Waals surface area (Å²) in [6.07, 6.45) is 1.10. The Morgan fingerprint density at radius 1 is 1.43 bits per heavy atom. The van der Waals surface area contributed by atoms with Crippen LogP contribution in [0.5, 0.6) is 0 Å². The topological polar surface area (TPSA) is 86.7 Å². The van der Waals surface area contributed by atoms with E-state index < -0.39 is 11.5 Å². The number of thiophene rings is 1. The van der Waals surface area contributed by atoms with Crippen LogP contribution in [0.15, 0.2) is 12.1 Å². The molecule has 2 amide bonds. The summed E-state index contributed by atoms with van der Waals surface area (Å²) >= 11 is 1.35. The number of hydrogen-bond acceptors (Lipinski definition) is 4. The number of likely N-dealkylation sites (tertiary alicyclic amines) is 1. The van der Waals surface area contributed by atoms with E-state index in [4.69, 9.17) is 0 Å². The zero-order valence-corrected chi connectivity index (χ0v) is 12.8. The second-order valence-electron chi connectivity index (χ2n) is 5.32. The Morgan fingerprint density at radius 2 is 2.14 bits per heavy atom. The van der Waals surface area contributed by atoms with Gasteiger partial charge in [0.1, 0.15) is 5.54 Å². The normalized spacial score (nSPS) is 21.3. The SMILES string of the molecule is Cc1ccc(C(=O)NCC(=O)N2CCCC2(C)C(=O)O)s1. The number of nitrogens with zero attached hydrogens (tertiary/aromatic N) is 1. The third kappa shape index (κ3) is 3.07. The summed E-state index contributed by atoms with van der Waals surface area (Å²) in [6, 6.07) is 3.54. The van der Waals surface area contributed by atoms with Gasteiger partial charge >= 0.3 is 5.97 Å². The fourth-order valence-corrected chi connectivity index (χ4v) is 3.26. The number of rotatable bonds is 4. The van der Waals surface area contributed by atoms with Crippen molar-refractivity contribution in [1.82, 2.24) is 10.2 Å². The molecule has 21 heavy (non-hydrogen) atoms. The van der Waals surface area contributed by atoms with Gasteiger partial charge in [0.05, 0.1) is 11.4 Å². The van der Waals surface area contributed by atoms with Crippen LogP contribution in [0.4, 0.5) is 0 Å². The number of carbonyl (C=O) groups is 3. The fraction of sp³-hybridized carbons (Fsp3) is 0.500. The lowest BCUT2D eigenvalue weighted by Gasteiger charge is -2.31. The first-order valence-electron chi connectivity index (χ1n) is 6.73. The number of nitrogens with one attached hydrogen (secondary N) is 1. The standard InChI is InChI=1S/C14H18N2O4S/c1-9-4-5-10(21-9)12(18)15-8-11(17)16-7-3-6-14(16,2)13(19)20/h4-5H,3,6-8H2,1-2H3,(H,15,18)(H,19,20). The molecule has 2 heterocycles. The van der Waals surface area contributed by atoms with Crippen LogP contribution in [0.3, 0.4) is 0 Å². The minimum Gasteiger partial charge on any atom is -0.480 e. The van der Waals surface area contributed by atoms with Gasteiger partial charge in [0, 0.05) is 11.4 Å². The molecule has 2 N–H and O–H groups in total. The van der Waals surface area contributed by atoms with E-state index in [0.717, 1.165) is 4.88 Å². The lowest BCUT2D eigenvalue weighted by molar-refractivity contribution is -0.154. The van der Waals surface area contributed by atoms with Crippen molar-refractivity contribution in [2.45, 2.75) is 32.2 Å². The Balaban J connectivity index is 1.96. The lowest BCUT2D eigenvalue weighted by atomic mass is 9.99. The summed E-state index contributed by atoms with van der Waals surface area (Å²) in [7, 11) is 0. The molecule has 1 fully saturated rings. The van der Waals surface area contributed by atoms with E-state index >= 15 is 0 Å². The van der Waals surface area contributed by atoms with Crippen LogP contribution in [0, 0.1) is 6.92 Å². The van der Waals surface area contributed by atoms with Gasteiger partial charge in [0.25, 0.3) is 5.91 Å². The maximum atomic E-state index is 12.2. The summed E-state index contributed by atoms with van der Waals surface area (Å²) in [5, 5.41) is 11.8. The molecule has 7 heteroatoms. The number of aryl methyl sites for hydroxylation is 1. The second kappa shape index (κ2) is 5.85. The Hall–Kier alpha value is -1.89. The third-order valence-electron chi connectivity index (χ3n) is 3.77. The molecule has 6 nitrogen and oxygen atoms in total. The molecule has 1 atom stereocenters. The van der Waals surface area contributed by atoms with Crippen LogP contribution >= 0.6 is 11.3 Å². The van der Waals surface area contributed by atoms with Crippen molar-refractivity contribution in [3.63, 3.8) is 0 Å². The summed E-state index contributed by atoms with van der Waals surface area (Å²) in [5.74, 6) is -1.68. The van der Waals surface area contributed by atoms with Gasteiger partial charge in [-0.25, -0.2) is 4.79 Å². The average Bonchev–Trinajstić information content (AvgIpc) is 3.02. The van der Waals surface area contributed by atoms with Crippen molar-refractivity contribution in [3.05, 3.63) is 21.9 Å². The number of hydrogen-bond donors (Lipinski definition) is 2. The highest BCUT2D eigenvalue weighted by molar-refractivity contribution is 7.13. The van der Waals surface area contributed by atoms with E-state index in [1.807, 2.05) is 13.0 Å². The second-order valence-corrected chi connectivity index (χ2v) is 6.61. The summed E-state index contributed by atoms with van der Waals surface area (Å²) < 4.78 is 0. The summed E-state index contributed by atoms with van der Waals surface area (Å²) in [6.45, 7) is 3.67. The third-order valence-corrected chi connectivity index (χ3v) is 4.77. The van der Waals surface area contributed by atoms with Gasteiger partial charge in [-0.2, -0.15) is 0 Å². The Kier molecular flexibility index (Phi) is 4.32. The van der Waals surface area contributed by atoms with Gasteiger partial charge in [-0.15, -0.1) is 11.3 Å². The average molecular weight is 310 g/mol. The molecular formula is C14H18N2O4S. The van der Waals surface area contributed by atoms with E-state index in [-0.39, 0.29) is 18.4 Å². The molecule has 1 saturated heterocycles. The smallest absolute Gasteiger partial charge is 0.329 e. The number of aliphatic carboxylic acids is 1. The Bertz CT molecular complexity index is 583. The van der Waals surface area contributed by atoms with Crippen LogP contribution in [-0.2, 0) is 9.59 Å². The zero-order chi connectivity index (χ0) is 15.6. The molecule has 114 valence electrons. The number of carbonyl (C=O) groups excluding carboxylic acids is 2. The van der Waals surface area contributed by atoms with Gasteiger partial charge in [-0.05, 0) is 38.8 Å². The van der Waals surface area contributed by atoms with Crippen molar-refractivity contribution in [2.75, 3.05) is 13.1 Å². The minimum atomic E-state index is -1.17. The van der Waals surface area contributed by atoms with E-state index in [1.54, 1.807) is 13.0 Å². The molecule has 1 aromatic heterocycles. The van der Waals surface area contributed by atoms with Crippen LogP contribution in [0.2, 0.25) is 0 Å². The van der Waals surface area contributed by atoms with Crippen LogP contribution in [0.25, 0.3) is 0 Å². The quantitative estimate of drug-likeness (QED) is 0.876.